The number of alkyl halides is 1. The molecule has 1 aliphatic carbocycles. The zero-order valence-corrected chi connectivity index (χ0v) is 23.4. The number of nitrogens with zero attached hydrogens (tertiary/aromatic N) is 6. The molecular weight excluding hydrogens is 552 g/mol. The van der Waals surface area contributed by atoms with Gasteiger partial charge in [-0.2, -0.15) is 9.97 Å². The lowest BCUT2D eigenvalue weighted by Gasteiger charge is -2.34. The van der Waals surface area contributed by atoms with Crippen LogP contribution in [0.5, 0.6) is 11.8 Å². The second kappa shape index (κ2) is 9.57. The fraction of sp³-hybridized carbons (Fsp3) is 0.586. The molecule has 1 saturated carbocycles. The number of hydrogen-bond donors (Lipinski definition) is 2. The maximum atomic E-state index is 16.5. The molecule has 1 aromatic carbocycles. The van der Waals surface area contributed by atoms with Gasteiger partial charge in [0.1, 0.15) is 29.7 Å². The van der Waals surface area contributed by atoms with Crippen LogP contribution in [0.15, 0.2) is 12.1 Å². The first-order valence-corrected chi connectivity index (χ1v) is 15.0. The highest BCUT2D eigenvalue weighted by Gasteiger charge is 2.49. The summed E-state index contributed by atoms with van der Waals surface area (Å²) in [7, 11) is 0. The van der Waals surface area contributed by atoms with Gasteiger partial charge in [-0.05, 0) is 68.7 Å². The van der Waals surface area contributed by atoms with Crippen molar-refractivity contribution in [1.82, 2.24) is 30.4 Å². The van der Waals surface area contributed by atoms with E-state index in [0.717, 1.165) is 50.6 Å². The summed E-state index contributed by atoms with van der Waals surface area (Å²) < 4.78 is 37.1. The van der Waals surface area contributed by atoms with Crippen molar-refractivity contribution in [3.8, 4) is 23.0 Å². The van der Waals surface area contributed by atoms with Crippen molar-refractivity contribution in [2.75, 3.05) is 37.7 Å². The number of aromatic nitrogens is 4. The van der Waals surface area contributed by atoms with Gasteiger partial charge in [0.2, 0.25) is 0 Å². The van der Waals surface area contributed by atoms with Crippen LogP contribution in [0.1, 0.15) is 56.4 Å². The molecular formula is C29H32ClF2N7O2. The minimum absolute atomic E-state index is 0.00944. The topological polar surface area (TPSA) is 99.5 Å². The van der Waals surface area contributed by atoms with E-state index in [4.69, 9.17) is 21.3 Å². The Hall–Kier alpha value is -2.89. The first-order valence-electron chi connectivity index (χ1n) is 14.7. The summed E-state index contributed by atoms with van der Waals surface area (Å²) in [5.41, 5.74) is 1.08. The zero-order chi connectivity index (χ0) is 27.9. The van der Waals surface area contributed by atoms with Gasteiger partial charge in [-0.25, -0.2) is 8.78 Å². The molecule has 5 fully saturated rings. The summed E-state index contributed by atoms with van der Waals surface area (Å²) in [4.78, 5) is 13.6. The monoisotopic (exact) mass is 583 g/mol. The SMILES string of the molecule is Oc1cc(Cl)c(C2CC2)c(-c2nnc3c(N4CC5CCC(C4)N5)nc(OC[C@@]45CCCN4C[C@H](F)C5)nc3c2F)c1. The highest BCUT2D eigenvalue weighted by molar-refractivity contribution is 6.32. The summed E-state index contributed by atoms with van der Waals surface area (Å²) in [6.07, 6.45) is 5.40. The maximum Gasteiger partial charge on any atom is 0.319 e. The number of benzene rings is 1. The highest BCUT2D eigenvalue weighted by atomic mass is 35.5. The quantitative estimate of drug-likeness (QED) is 0.438. The molecule has 5 aliphatic rings. The van der Waals surface area contributed by atoms with Crippen molar-refractivity contribution in [2.45, 2.75) is 74.7 Å². The standard InChI is InChI=1S/C29H32ClF2N7O2/c30-21-9-19(40)8-20(22(21)15-2-3-15)24-23(32)25-26(37-36-24)27(38-12-17-4-5-18(13-38)33-17)35-28(34-25)41-14-29-6-1-7-39(29)11-16(31)10-29/h8-9,15-18,33,40H,1-7,10-14H2/t16-,17?,18?,29+/m1/s1. The van der Waals surface area contributed by atoms with Crippen molar-refractivity contribution >= 4 is 28.5 Å². The number of fused-ring (bicyclic) bond motifs is 4. The summed E-state index contributed by atoms with van der Waals surface area (Å²) in [5.74, 6) is -0.0446. The minimum atomic E-state index is -0.881. The van der Waals surface area contributed by atoms with Crippen molar-refractivity contribution in [2.24, 2.45) is 0 Å². The van der Waals surface area contributed by atoms with E-state index >= 15 is 4.39 Å². The number of nitrogens with one attached hydrogen (secondary N) is 1. The van der Waals surface area contributed by atoms with E-state index in [2.05, 4.69) is 30.3 Å². The first kappa shape index (κ1) is 25.8. The summed E-state index contributed by atoms with van der Waals surface area (Å²) >= 11 is 6.51. The van der Waals surface area contributed by atoms with Gasteiger partial charge in [-0.3, -0.25) is 4.90 Å². The Morgan fingerprint density at radius 1 is 1.07 bits per heavy atom. The lowest BCUT2D eigenvalue weighted by Crippen LogP contribution is -2.51. The molecule has 8 rings (SSSR count). The minimum Gasteiger partial charge on any atom is -0.508 e. The van der Waals surface area contributed by atoms with Crippen LogP contribution < -0.4 is 15.0 Å². The fourth-order valence-corrected chi connectivity index (χ4v) is 7.95. The third-order valence-electron chi connectivity index (χ3n) is 9.61. The molecule has 41 heavy (non-hydrogen) atoms. The smallest absolute Gasteiger partial charge is 0.319 e. The lowest BCUT2D eigenvalue weighted by molar-refractivity contribution is 0.107. The molecule has 2 aromatic heterocycles. The lowest BCUT2D eigenvalue weighted by atomic mass is 9.95. The van der Waals surface area contributed by atoms with Gasteiger partial charge in [0, 0.05) is 48.7 Å². The number of rotatable bonds is 6. The van der Waals surface area contributed by atoms with Crippen molar-refractivity contribution in [3.63, 3.8) is 0 Å². The Kier molecular flexibility index (Phi) is 6.02. The molecule has 12 heteroatoms. The molecule has 4 aliphatic heterocycles. The van der Waals surface area contributed by atoms with Crippen LogP contribution in [0.25, 0.3) is 22.3 Å². The summed E-state index contributed by atoms with van der Waals surface area (Å²) in [5, 5.41) is 23.1. The van der Waals surface area contributed by atoms with Crippen LogP contribution in [0.4, 0.5) is 14.6 Å². The number of anilines is 1. The molecule has 2 bridgehead atoms. The predicted octanol–water partition coefficient (Wildman–Crippen LogP) is 4.36. The molecule has 4 atom stereocenters. The van der Waals surface area contributed by atoms with Gasteiger partial charge < -0.3 is 20.1 Å². The number of phenols is 1. The second-order valence-corrected chi connectivity index (χ2v) is 12.9. The molecule has 3 aromatic rings. The fourth-order valence-electron chi connectivity index (χ4n) is 7.59. The average molecular weight is 584 g/mol. The molecule has 2 N–H and O–H groups in total. The van der Waals surface area contributed by atoms with Gasteiger partial charge in [0.25, 0.3) is 0 Å². The van der Waals surface area contributed by atoms with Gasteiger partial charge >= 0.3 is 6.01 Å². The van der Waals surface area contributed by atoms with Gasteiger partial charge in [-0.1, -0.05) is 11.6 Å². The Balaban J connectivity index is 1.23. The van der Waals surface area contributed by atoms with Crippen LogP contribution in [0, 0.1) is 5.82 Å². The molecule has 216 valence electrons. The van der Waals surface area contributed by atoms with Gasteiger partial charge in [0.05, 0.1) is 5.54 Å². The molecule has 2 unspecified atom stereocenters. The van der Waals surface area contributed by atoms with Crippen LogP contribution in [0.2, 0.25) is 5.02 Å². The molecule has 0 amide bonds. The molecule has 0 radical (unpaired) electrons. The molecule has 6 heterocycles. The number of phenolic OH excluding ortho intramolecular Hbond substituents is 1. The number of hydrogen-bond acceptors (Lipinski definition) is 9. The van der Waals surface area contributed by atoms with E-state index < -0.39 is 12.0 Å². The van der Waals surface area contributed by atoms with E-state index in [-0.39, 0.29) is 46.6 Å². The van der Waals surface area contributed by atoms with Gasteiger partial charge in [-0.15, -0.1) is 10.2 Å². The Bertz CT molecular complexity index is 1530. The van der Waals surface area contributed by atoms with Crippen molar-refractivity contribution in [3.05, 3.63) is 28.5 Å². The Morgan fingerprint density at radius 2 is 1.88 bits per heavy atom. The van der Waals surface area contributed by atoms with Crippen molar-refractivity contribution < 1.29 is 18.6 Å². The predicted molar refractivity (Wildman–Crippen MR) is 150 cm³/mol. The van der Waals surface area contributed by atoms with E-state index in [9.17, 15) is 9.50 Å². The normalized spacial score (nSPS) is 29.4. The number of halogens is 3. The maximum absolute atomic E-state index is 16.5. The average Bonchev–Trinajstić information content (AvgIpc) is 3.52. The number of aromatic hydroxyl groups is 1. The third-order valence-corrected chi connectivity index (χ3v) is 9.93. The third kappa shape index (κ3) is 4.39. The summed E-state index contributed by atoms with van der Waals surface area (Å²) in [6.45, 7) is 2.93. The van der Waals surface area contributed by atoms with Crippen LogP contribution in [-0.2, 0) is 0 Å². The number of ether oxygens (including phenoxy) is 1. The molecule has 4 saturated heterocycles. The van der Waals surface area contributed by atoms with Gasteiger partial charge in [0.15, 0.2) is 17.2 Å². The Morgan fingerprint density at radius 3 is 2.66 bits per heavy atom. The van der Waals surface area contributed by atoms with Crippen LogP contribution in [0.3, 0.4) is 0 Å². The van der Waals surface area contributed by atoms with E-state index in [1.807, 2.05) is 0 Å². The number of piperazine rings is 1. The van der Waals surface area contributed by atoms with Crippen LogP contribution in [-0.4, -0.2) is 86.8 Å². The largest absolute Gasteiger partial charge is 0.508 e. The first-order chi connectivity index (χ1) is 19.9. The zero-order valence-electron chi connectivity index (χ0n) is 22.6. The summed E-state index contributed by atoms with van der Waals surface area (Å²) in [6, 6.07) is 3.67. The molecule has 0 spiro atoms. The molecule has 9 nitrogen and oxygen atoms in total. The highest BCUT2D eigenvalue weighted by Crippen LogP contribution is 2.49. The van der Waals surface area contributed by atoms with E-state index in [1.165, 1.54) is 12.1 Å². The van der Waals surface area contributed by atoms with Crippen molar-refractivity contribution in [1.29, 1.82) is 0 Å². The van der Waals surface area contributed by atoms with E-state index in [1.54, 1.807) is 0 Å². The van der Waals surface area contributed by atoms with Crippen LogP contribution >= 0.6 is 11.6 Å². The van der Waals surface area contributed by atoms with E-state index in [0.29, 0.717) is 54.5 Å². The second-order valence-electron chi connectivity index (χ2n) is 12.5. The Labute approximate surface area is 241 Å².